The Labute approximate surface area is 286 Å². The molecule has 2 aliphatic carbocycles. The highest BCUT2D eigenvalue weighted by atomic mass is 16.6. The molecule has 8 heteroatoms. The van der Waals surface area contributed by atoms with Gasteiger partial charge in [-0.25, -0.2) is 0 Å². The van der Waals surface area contributed by atoms with Crippen LogP contribution in [0.3, 0.4) is 0 Å². The summed E-state index contributed by atoms with van der Waals surface area (Å²) in [6.45, 7) is 7.74. The second kappa shape index (κ2) is 19.5. The topological polar surface area (TPSA) is 55.4 Å². The van der Waals surface area contributed by atoms with E-state index in [1.165, 1.54) is 94.6 Å². The van der Waals surface area contributed by atoms with Crippen LogP contribution < -0.4 is 10.9 Å². The van der Waals surface area contributed by atoms with Crippen molar-refractivity contribution in [3.63, 3.8) is 0 Å². The molecule has 0 aromatic heterocycles. The molecule has 2 aromatic rings. The van der Waals surface area contributed by atoms with Gasteiger partial charge in [-0.2, -0.15) is 0 Å². The smallest absolute Gasteiger partial charge is 0.407 e. The minimum Gasteiger partial charge on any atom is -0.407 e. The highest BCUT2D eigenvalue weighted by Crippen LogP contribution is 2.34. The van der Waals surface area contributed by atoms with E-state index >= 15 is 0 Å². The fourth-order valence-corrected chi connectivity index (χ4v) is 7.82. The maximum atomic E-state index is 5.95. The van der Waals surface area contributed by atoms with E-state index < -0.39 is 0 Å². The van der Waals surface area contributed by atoms with Gasteiger partial charge in [-0.3, -0.25) is 0 Å². The average Bonchev–Trinajstić information content (AvgIpc) is 3.15. The highest BCUT2D eigenvalue weighted by molar-refractivity contribution is 6.61. The zero-order chi connectivity index (χ0) is 32.8. The Kier molecular flexibility index (Phi) is 15.2. The first kappa shape index (κ1) is 36.6. The zero-order valence-corrected chi connectivity index (χ0v) is 29.7. The molecule has 0 unspecified atom stereocenters. The van der Waals surface area contributed by atoms with E-state index in [0.29, 0.717) is 35.9 Å². The van der Waals surface area contributed by atoms with Crippen molar-refractivity contribution in [3.05, 3.63) is 59.7 Å². The number of unbranched alkanes of at least 4 members (excludes halogenated alkanes) is 1. The van der Waals surface area contributed by atoms with E-state index in [1.807, 2.05) is 14.2 Å². The molecule has 0 spiro atoms. The van der Waals surface area contributed by atoms with Crippen LogP contribution >= 0.6 is 0 Å². The summed E-state index contributed by atoms with van der Waals surface area (Å²) >= 11 is 0. The first-order valence-corrected chi connectivity index (χ1v) is 18.8. The van der Waals surface area contributed by atoms with Crippen LogP contribution in [-0.4, -0.2) is 67.1 Å². The van der Waals surface area contributed by atoms with Crippen molar-refractivity contribution in [2.45, 2.75) is 121 Å². The number of hydrogen-bond acceptors (Lipinski definition) is 6. The predicted octanol–water partition coefficient (Wildman–Crippen LogP) is 7.43. The zero-order valence-electron chi connectivity index (χ0n) is 29.7. The Hall–Kier alpha value is -1.67. The van der Waals surface area contributed by atoms with E-state index in [4.69, 9.17) is 28.1 Å². The number of rotatable bonds is 11. The molecule has 2 aromatic carbocycles. The molecule has 47 heavy (non-hydrogen) atoms. The molecule has 2 saturated heterocycles. The van der Waals surface area contributed by atoms with Crippen LogP contribution in [0.4, 0.5) is 0 Å². The molecule has 0 radical (unpaired) electrons. The summed E-state index contributed by atoms with van der Waals surface area (Å²) in [5.74, 6) is 2.48. The van der Waals surface area contributed by atoms with E-state index in [-0.39, 0.29) is 14.2 Å². The second-order valence-electron chi connectivity index (χ2n) is 14.4. The van der Waals surface area contributed by atoms with Crippen molar-refractivity contribution in [2.24, 2.45) is 11.8 Å². The number of hydrogen-bond donors (Lipinski definition) is 0. The summed E-state index contributed by atoms with van der Waals surface area (Å²) in [6, 6.07) is 17.8. The van der Waals surface area contributed by atoms with Gasteiger partial charge < -0.3 is 28.1 Å². The maximum Gasteiger partial charge on any atom is 0.493 e. The van der Waals surface area contributed by atoms with Gasteiger partial charge in [-0.15, -0.1) is 0 Å². The molecule has 6 nitrogen and oxygen atoms in total. The molecule has 2 aliphatic heterocycles. The number of benzene rings is 2. The summed E-state index contributed by atoms with van der Waals surface area (Å²) in [6.07, 6.45) is 16.7. The minimum absolute atomic E-state index is 0.179. The largest absolute Gasteiger partial charge is 0.493 e. The lowest BCUT2D eigenvalue weighted by molar-refractivity contribution is 0.0658. The molecule has 2 heterocycles. The third kappa shape index (κ3) is 10.9. The number of methoxy groups -OCH3 is 2. The summed E-state index contributed by atoms with van der Waals surface area (Å²) in [7, 11) is 3.30. The maximum absolute atomic E-state index is 5.95. The van der Waals surface area contributed by atoms with Crippen LogP contribution in [0.15, 0.2) is 48.5 Å². The van der Waals surface area contributed by atoms with E-state index in [1.54, 1.807) is 0 Å². The van der Waals surface area contributed by atoms with Crippen LogP contribution in [-0.2, 0) is 28.1 Å². The SMILES string of the molecule is CCCC1COB(c2ccc(C3CCC(OC)CC3)cc2)OC1.CCCCC1COB(c2ccc(C3CCC(OC)CC3)cc2)OC1. The summed E-state index contributed by atoms with van der Waals surface area (Å²) < 4.78 is 34.6. The van der Waals surface area contributed by atoms with Crippen LogP contribution in [0.25, 0.3) is 0 Å². The molecule has 4 fully saturated rings. The lowest BCUT2D eigenvalue weighted by Crippen LogP contribution is -2.44. The summed E-state index contributed by atoms with van der Waals surface area (Å²) in [4.78, 5) is 0. The van der Waals surface area contributed by atoms with Gasteiger partial charge in [0.05, 0.1) is 12.2 Å². The first-order valence-electron chi connectivity index (χ1n) is 18.8. The first-order chi connectivity index (χ1) is 23.1. The summed E-state index contributed by atoms with van der Waals surface area (Å²) in [5, 5.41) is 0. The Morgan fingerprint density at radius 1 is 0.532 bits per heavy atom. The van der Waals surface area contributed by atoms with Gasteiger partial charge in [-0.1, -0.05) is 81.6 Å². The quantitative estimate of drug-likeness (QED) is 0.237. The van der Waals surface area contributed by atoms with Gasteiger partial charge >= 0.3 is 14.2 Å². The molecule has 258 valence electrons. The summed E-state index contributed by atoms with van der Waals surface area (Å²) in [5.41, 5.74) is 5.19. The van der Waals surface area contributed by atoms with Crippen molar-refractivity contribution in [3.8, 4) is 0 Å². The highest BCUT2D eigenvalue weighted by Gasteiger charge is 2.31. The Morgan fingerprint density at radius 2 is 0.915 bits per heavy atom. The fraction of sp³-hybridized carbons (Fsp3) is 0.692. The predicted molar refractivity (Wildman–Crippen MR) is 193 cm³/mol. The molecule has 2 saturated carbocycles. The van der Waals surface area contributed by atoms with Crippen molar-refractivity contribution in [1.82, 2.24) is 0 Å². The Bertz CT molecular complexity index is 1120. The van der Waals surface area contributed by atoms with E-state index in [0.717, 1.165) is 37.4 Å². The average molecular weight is 647 g/mol. The van der Waals surface area contributed by atoms with Crippen LogP contribution in [0.1, 0.15) is 120 Å². The van der Waals surface area contributed by atoms with Gasteiger partial charge in [0.25, 0.3) is 0 Å². The monoisotopic (exact) mass is 646 g/mol. The van der Waals surface area contributed by atoms with Gasteiger partial charge in [0.15, 0.2) is 0 Å². The molecule has 0 atom stereocenters. The van der Waals surface area contributed by atoms with E-state index in [9.17, 15) is 0 Å². The lowest BCUT2D eigenvalue weighted by atomic mass is 9.75. The second-order valence-corrected chi connectivity index (χ2v) is 14.4. The minimum atomic E-state index is -0.179. The standard InChI is InChI=1S/C20H31BO3.C19H29BO3/c1-3-4-5-16-14-23-21(24-15-16)19-10-6-17(7-11-19)18-8-12-20(22-2)13-9-18;1-3-4-15-13-22-20(23-14-15)18-9-5-16(6-10-18)17-7-11-19(21-2)12-8-17/h6-7,10-11,16,18,20H,3-5,8-9,12-15H2,1-2H3;5-6,9-10,15,17,19H,3-4,7-8,11-14H2,1-2H3. The van der Waals surface area contributed by atoms with Crippen molar-refractivity contribution in [2.75, 3.05) is 40.6 Å². The Balaban J connectivity index is 0.000000185. The Morgan fingerprint density at radius 3 is 1.26 bits per heavy atom. The van der Waals surface area contributed by atoms with Gasteiger partial charge in [-0.05, 0) is 98.1 Å². The van der Waals surface area contributed by atoms with Gasteiger partial charge in [0, 0.05) is 52.5 Å². The molecular weight excluding hydrogens is 586 g/mol. The third-order valence-electron chi connectivity index (χ3n) is 11.0. The molecule has 6 rings (SSSR count). The van der Waals surface area contributed by atoms with Crippen LogP contribution in [0, 0.1) is 11.8 Å². The molecule has 0 N–H and O–H groups in total. The van der Waals surface area contributed by atoms with E-state index in [2.05, 4.69) is 62.4 Å². The van der Waals surface area contributed by atoms with Crippen LogP contribution in [0.5, 0.6) is 0 Å². The molecule has 0 amide bonds. The molecular formula is C39H60B2O6. The third-order valence-corrected chi connectivity index (χ3v) is 11.0. The van der Waals surface area contributed by atoms with Crippen molar-refractivity contribution < 1.29 is 28.1 Å². The normalized spacial score (nSPS) is 26.1. The fourth-order valence-electron chi connectivity index (χ4n) is 7.82. The van der Waals surface area contributed by atoms with Crippen LogP contribution in [0.2, 0.25) is 0 Å². The van der Waals surface area contributed by atoms with Gasteiger partial charge in [0.2, 0.25) is 0 Å². The van der Waals surface area contributed by atoms with Crippen molar-refractivity contribution >= 4 is 25.2 Å². The lowest BCUT2D eigenvalue weighted by Gasteiger charge is -2.29. The number of ether oxygens (including phenoxy) is 2. The molecule has 0 bridgehead atoms. The van der Waals surface area contributed by atoms with Gasteiger partial charge in [0.1, 0.15) is 0 Å². The molecule has 4 aliphatic rings. The van der Waals surface area contributed by atoms with Crippen molar-refractivity contribution in [1.29, 1.82) is 0 Å².